The van der Waals surface area contributed by atoms with Crippen LogP contribution in [0.4, 0.5) is 0 Å². The Morgan fingerprint density at radius 2 is 2.15 bits per heavy atom. The van der Waals surface area contributed by atoms with E-state index in [1.165, 1.54) is 0 Å². The zero-order chi connectivity index (χ0) is 14.5. The van der Waals surface area contributed by atoms with E-state index in [0.29, 0.717) is 24.4 Å². The van der Waals surface area contributed by atoms with Crippen molar-refractivity contribution in [3.05, 3.63) is 34.9 Å². The van der Waals surface area contributed by atoms with Crippen LogP contribution in [0.5, 0.6) is 0 Å². The van der Waals surface area contributed by atoms with Crippen molar-refractivity contribution < 1.29 is 9.59 Å². The van der Waals surface area contributed by atoms with Crippen LogP contribution in [0.15, 0.2) is 24.3 Å². The number of carbonyl (C=O) groups excluding carboxylic acids is 2. The van der Waals surface area contributed by atoms with E-state index in [1.807, 2.05) is 31.2 Å². The van der Waals surface area contributed by atoms with Gasteiger partial charge in [-0.1, -0.05) is 23.7 Å². The molecule has 0 spiro atoms. The van der Waals surface area contributed by atoms with Crippen molar-refractivity contribution in [3.8, 4) is 0 Å². The summed E-state index contributed by atoms with van der Waals surface area (Å²) in [6, 6.07) is 7.68. The number of amides is 2. The first-order valence-corrected chi connectivity index (χ1v) is 7.24. The van der Waals surface area contributed by atoms with Gasteiger partial charge in [0.25, 0.3) is 0 Å². The fourth-order valence-corrected chi connectivity index (χ4v) is 2.47. The van der Waals surface area contributed by atoms with Gasteiger partial charge in [-0.05, 0) is 37.5 Å². The van der Waals surface area contributed by atoms with Gasteiger partial charge in [-0.15, -0.1) is 0 Å². The molecule has 2 rings (SSSR count). The normalized spacial score (nSPS) is 20.1. The van der Waals surface area contributed by atoms with Crippen molar-refractivity contribution in [2.45, 2.75) is 32.2 Å². The zero-order valence-electron chi connectivity index (χ0n) is 11.5. The molecule has 2 N–H and O–H groups in total. The van der Waals surface area contributed by atoms with Gasteiger partial charge in [0.05, 0.1) is 5.92 Å². The number of benzene rings is 1. The quantitative estimate of drug-likeness (QED) is 0.891. The molecule has 1 aliphatic rings. The largest absolute Gasteiger partial charge is 0.355 e. The van der Waals surface area contributed by atoms with E-state index in [1.54, 1.807) is 0 Å². The third-order valence-corrected chi connectivity index (χ3v) is 3.73. The van der Waals surface area contributed by atoms with E-state index in [2.05, 4.69) is 10.6 Å². The molecule has 2 unspecified atom stereocenters. The van der Waals surface area contributed by atoms with Gasteiger partial charge in [0, 0.05) is 24.0 Å². The van der Waals surface area contributed by atoms with Crippen LogP contribution in [-0.2, 0) is 16.0 Å². The van der Waals surface area contributed by atoms with Crippen LogP contribution >= 0.6 is 11.6 Å². The van der Waals surface area contributed by atoms with Gasteiger partial charge in [0.2, 0.25) is 11.8 Å². The van der Waals surface area contributed by atoms with Crippen LogP contribution in [0.3, 0.4) is 0 Å². The van der Waals surface area contributed by atoms with Gasteiger partial charge in [0.1, 0.15) is 0 Å². The van der Waals surface area contributed by atoms with Gasteiger partial charge in [-0.3, -0.25) is 9.59 Å². The first-order chi connectivity index (χ1) is 9.54. The van der Waals surface area contributed by atoms with E-state index < -0.39 is 0 Å². The molecule has 0 aromatic heterocycles. The Morgan fingerprint density at radius 1 is 1.45 bits per heavy atom. The minimum absolute atomic E-state index is 0.0199. The minimum atomic E-state index is -0.111. The molecular weight excluding hydrogens is 276 g/mol. The van der Waals surface area contributed by atoms with Crippen molar-refractivity contribution in [2.75, 3.05) is 6.54 Å². The smallest absolute Gasteiger partial charge is 0.225 e. The van der Waals surface area contributed by atoms with Crippen LogP contribution in [0.2, 0.25) is 5.02 Å². The molecule has 1 heterocycles. The maximum atomic E-state index is 12.1. The zero-order valence-corrected chi connectivity index (χ0v) is 12.2. The SMILES string of the molecule is CC(Cc1ccc(Cl)cc1)NC(=O)C1CCC(=O)NC1. The number of nitrogens with one attached hydrogen (secondary N) is 2. The van der Waals surface area contributed by atoms with Gasteiger partial charge in [-0.25, -0.2) is 0 Å². The van der Waals surface area contributed by atoms with Crippen molar-refractivity contribution in [1.29, 1.82) is 0 Å². The molecule has 1 saturated heterocycles. The molecule has 2 amide bonds. The van der Waals surface area contributed by atoms with E-state index in [4.69, 9.17) is 11.6 Å². The Bertz CT molecular complexity index is 477. The summed E-state index contributed by atoms with van der Waals surface area (Å²) in [7, 11) is 0. The average Bonchev–Trinajstić information content (AvgIpc) is 2.42. The molecule has 2 atom stereocenters. The fourth-order valence-electron chi connectivity index (χ4n) is 2.34. The van der Waals surface area contributed by atoms with Crippen molar-refractivity contribution in [1.82, 2.24) is 10.6 Å². The second-order valence-corrected chi connectivity index (χ2v) is 5.72. The van der Waals surface area contributed by atoms with E-state index >= 15 is 0 Å². The predicted molar refractivity (Wildman–Crippen MR) is 78.5 cm³/mol. The van der Waals surface area contributed by atoms with Crippen molar-refractivity contribution >= 4 is 23.4 Å². The Kier molecular flexibility index (Phi) is 5.01. The second kappa shape index (κ2) is 6.75. The first-order valence-electron chi connectivity index (χ1n) is 6.86. The van der Waals surface area contributed by atoms with Gasteiger partial charge < -0.3 is 10.6 Å². The van der Waals surface area contributed by atoms with Crippen LogP contribution in [0.25, 0.3) is 0 Å². The molecule has 0 radical (unpaired) electrons. The lowest BCUT2D eigenvalue weighted by Gasteiger charge is -2.23. The molecule has 5 heteroatoms. The third kappa shape index (κ3) is 4.23. The molecule has 0 saturated carbocycles. The Morgan fingerprint density at radius 3 is 2.75 bits per heavy atom. The second-order valence-electron chi connectivity index (χ2n) is 5.28. The standard InChI is InChI=1S/C15H19ClN2O2/c1-10(8-11-2-5-13(16)6-3-11)18-15(20)12-4-7-14(19)17-9-12/h2-3,5-6,10,12H,4,7-9H2,1H3,(H,17,19)(H,18,20). The summed E-state index contributed by atoms with van der Waals surface area (Å²) in [6.07, 6.45) is 1.83. The number of carbonyl (C=O) groups is 2. The van der Waals surface area contributed by atoms with Crippen LogP contribution < -0.4 is 10.6 Å². The maximum Gasteiger partial charge on any atom is 0.225 e. The molecule has 4 nitrogen and oxygen atoms in total. The summed E-state index contributed by atoms with van der Waals surface area (Å²) in [5.74, 6) is -0.0601. The number of hydrogen-bond donors (Lipinski definition) is 2. The van der Waals surface area contributed by atoms with Gasteiger partial charge in [0.15, 0.2) is 0 Å². The molecule has 1 aromatic rings. The highest BCUT2D eigenvalue weighted by Gasteiger charge is 2.25. The van der Waals surface area contributed by atoms with Crippen molar-refractivity contribution in [3.63, 3.8) is 0 Å². The third-order valence-electron chi connectivity index (χ3n) is 3.48. The number of rotatable bonds is 4. The van der Waals surface area contributed by atoms with Crippen LogP contribution in [0, 0.1) is 5.92 Å². The highest BCUT2D eigenvalue weighted by atomic mass is 35.5. The fraction of sp³-hybridized carbons (Fsp3) is 0.467. The number of halogens is 1. The Balaban J connectivity index is 1.81. The van der Waals surface area contributed by atoms with E-state index in [0.717, 1.165) is 12.0 Å². The number of hydrogen-bond acceptors (Lipinski definition) is 2. The topological polar surface area (TPSA) is 58.2 Å². The molecule has 108 valence electrons. The van der Waals surface area contributed by atoms with Crippen LogP contribution in [0.1, 0.15) is 25.3 Å². The maximum absolute atomic E-state index is 12.1. The van der Waals surface area contributed by atoms with E-state index in [-0.39, 0.29) is 23.8 Å². The van der Waals surface area contributed by atoms with Gasteiger partial charge >= 0.3 is 0 Å². The minimum Gasteiger partial charge on any atom is -0.355 e. The lowest BCUT2D eigenvalue weighted by atomic mass is 9.97. The summed E-state index contributed by atoms with van der Waals surface area (Å²) < 4.78 is 0. The summed E-state index contributed by atoms with van der Waals surface area (Å²) in [4.78, 5) is 23.1. The molecule has 1 aromatic carbocycles. The lowest BCUT2D eigenvalue weighted by Crippen LogP contribution is -2.45. The highest BCUT2D eigenvalue weighted by Crippen LogP contribution is 2.13. The molecular formula is C15H19ClN2O2. The van der Waals surface area contributed by atoms with Crippen LogP contribution in [-0.4, -0.2) is 24.4 Å². The average molecular weight is 295 g/mol. The molecule has 0 bridgehead atoms. The summed E-state index contributed by atoms with van der Waals surface area (Å²) in [6.45, 7) is 2.42. The molecule has 1 aliphatic heterocycles. The summed E-state index contributed by atoms with van der Waals surface area (Å²) in [5, 5.41) is 6.44. The summed E-state index contributed by atoms with van der Waals surface area (Å²) in [5.41, 5.74) is 1.14. The van der Waals surface area contributed by atoms with Crippen molar-refractivity contribution in [2.24, 2.45) is 5.92 Å². The molecule has 0 aliphatic carbocycles. The molecule has 20 heavy (non-hydrogen) atoms. The summed E-state index contributed by atoms with van der Waals surface area (Å²) >= 11 is 5.84. The van der Waals surface area contributed by atoms with E-state index in [9.17, 15) is 9.59 Å². The first kappa shape index (κ1) is 14.9. The number of piperidine rings is 1. The van der Waals surface area contributed by atoms with Gasteiger partial charge in [-0.2, -0.15) is 0 Å². The highest BCUT2D eigenvalue weighted by molar-refractivity contribution is 6.30. The lowest BCUT2D eigenvalue weighted by molar-refractivity contribution is -0.129. The Hall–Kier alpha value is -1.55. The molecule has 1 fully saturated rings. The predicted octanol–water partition coefficient (Wildman–Crippen LogP) is 1.91. The monoisotopic (exact) mass is 294 g/mol. The Labute approximate surface area is 123 Å².